The Morgan fingerprint density at radius 2 is 1.65 bits per heavy atom. The molecule has 0 radical (unpaired) electrons. The molecule has 0 aliphatic heterocycles. The van der Waals surface area contributed by atoms with E-state index in [2.05, 4.69) is 0 Å². The van der Waals surface area contributed by atoms with E-state index in [9.17, 15) is 9.59 Å². The van der Waals surface area contributed by atoms with Gasteiger partial charge in [0.1, 0.15) is 17.1 Å². The summed E-state index contributed by atoms with van der Waals surface area (Å²) >= 11 is 0. The van der Waals surface area contributed by atoms with E-state index in [1.165, 1.54) is 7.11 Å². The summed E-state index contributed by atoms with van der Waals surface area (Å²) < 4.78 is 22.5. The molecule has 31 heavy (non-hydrogen) atoms. The Morgan fingerprint density at radius 3 is 2.39 bits per heavy atom. The predicted octanol–water partition coefficient (Wildman–Crippen LogP) is 5.16. The maximum atomic E-state index is 13.0. The Hall–Kier alpha value is -4.06. The largest absolute Gasteiger partial charge is 0.493 e. The summed E-state index contributed by atoms with van der Waals surface area (Å²) in [6.07, 6.45) is 0. The molecule has 1 aromatic heterocycles. The quantitative estimate of drug-likeness (QED) is 0.387. The summed E-state index contributed by atoms with van der Waals surface area (Å²) in [5.74, 6) is 1.62. The van der Waals surface area contributed by atoms with Crippen LogP contribution in [0.5, 0.6) is 23.0 Å². The third-order valence-corrected chi connectivity index (χ3v) is 4.73. The molecule has 4 aromatic rings. The number of rotatable bonds is 7. The lowest BCUT2D eigenvalue weighted by molar-refractivity contribution is 0.0921. The molecule has 0 bridgehead atoms. The first kappa shape index (κ1) is 20.2. The van der Waals surface area contributed by atoms with E-state index < -0.39 is 0 Å². The Balaban J connectivity index is 1.59. The molecular weight excluding hydrogens is 396 g/mol. The van der Waals surface area contributed by atoms with Crippen LogP contribution in [-0.2, 0) is 0 Å². The second-order valence-corrected chi connectivity index (χ2v) is 6.81. The van der Waals surface area contributed by atoms with Crippen molar-refractivity contribution in [1.29, 1.82) is 0 Å². The summed E-state index contributed by atoms with van der Waals surface area (Å²) in [4.78, 5) is 25.2. The van der Waals surface area contributed by atoms with Crippen molar-refractivity contribution in [2.45, 2.75) is 6.92 Å². The zero-order valence-corrected chi connectivity index (χ0v) is 17.1. The first-order valence-electron chi connectivity index (χ1n) is 9.66. The first-order valence-corrected chi connectivity index (χ1v) is 9.66. The molecule has 0 aliphatic rings. The van der Waals surface area contributed by atoms with Crippen LogP contribution in [0.1, 0.15) is 16.1 Å². The first-order chi connectivity index (χ1) is 15.1. The van der Waals surface area contributed by atoms with Gasteiger partial charge in [-0.3, -0.25) is 9.59 Å². The molecule has 1 heterocycles. The van der Waals surface area contributed by atoms with E-state index >= 15 is 0 Å². The molecule has 0 aliphatic carbocycles. The summed E-state index contributed by atoms with van der Waals surface area (Å²) in [5, 5.41) is 0.345. The van der Waals surface area contributed by atoms with Crippen LogP contribution in [0.25, 0.3) is 11.0 Å². The van der Waals surface area contributed by atoms with Crippen LogP contribution in [0, 0.1) is 6.92 Å². The highest BCUT2D eigenvalue weighted by Crippen LogP contribution is 2.32. The van der Waals surface area contributed by atoms with Gasteiger partial charge in [-0.2, -0.15) is 0 Å². The topological polar surface area (TPSA) is 75.0 Å². The number of Topliss-reactive ketones (excluding diaryl/α,β-unsaturated/α-hetero) is 1. The molecule has 0 atom stereocenters. The summed E-state index contributed by atoms with van der Waals surface area (Å²) in [6.45, 7) is 1.53. The monoisotopic (exact) mass is 416 g/mol. The number of aryl methyl sites for hydroxylation is 1. The highest BCUT2D eigenvalue weighted by molar-refractivity contribution is 5.97. The fraction of sp³-hybridized carbons (Fsp3) is 0.120. The minimum absolute atomic E-state index is 0.0879. The minimum atomic E-state index is -0.309. The molecule has 0 saturated heterocycles. The maximum Gasteiger partial charge on any atom is 0.235 e. The molecule has 0 unspecified atom stereocenters. The maximum absolute atomic E-state index is 13.0. The van der Waals surface area contributed by atoms with Crippen LogP contribution < -0.4 is 19.6 Å². The zero-order valence-electron chi connectivity index (χ0n) is 17.1. The van der Waals surface area contributed by atoms with Gasteiger partial charge in [-0.1, -0.05) is 42.5 Å². The van der Waals surface area contributed by atoms with Crippen molar-refractivity contribution in [3.63, 3.8) is 0 Å². The highest BCUT2D eigenvalue weighted by Gasteiger charge is 2.16. The predicted molar refractivity (Wildman–Crippen MR) is 117 cm³/mol. The second kappa shape index (κ2) is 8.75. The summed E-state index contributed by atoms with van der Waals surface area (Å²) in [6, 6.07) is 20.8. The number of ketones is 1. The molecular formula is C25H20O6. The molecule has 6 heteroatoms. The number of hydrogen-bond acceptors (Lipinski definition) is 6. The molecule has 0 fully saturated rings. The van der Waals surface area contributed by atoms with Crippen LogP contribution in [0.15, 0.2) is 82.0 Å². The SMILES string of the molecule is COc1ccccc1Oc1c(C)oc2cc(OCC(=O)c3ccccc3)ccc2c1=O. The van der Waals surface area contributed by atoms with E-state index in [4.69, 9.17) is 18.6 Å². The molecule has 3 aromatic carbocycles. The smallest absolute Gasteiger partial charge is 0.235 e. The standard InChI is InChI=1S/C25H20O6/c1-16-25(31-22-11-7-6-10-21(22)28-2)24(27)19-13-12-18(14-23(19)30-16)29-15-20(26)17-8-4-3-5-9-17/h3-14H,15H2,1-2H3. The normalized spacial score (nSPS) is 10.6. The van der Waals surface area contributed by atoms with E-state index in [-0.39, 0.29) is 23.6 Å². The molecule has 0 N–H and O–H groups in total. The Labute approximate surface area is 178 Å². The number of methoxy groups -OCH3 is 1. The van der Waals surface area contributed by atoms with Gasteiger partial charge in [-0.15, -0.1) is 0 Å². The van der Waals surface area contributed by atoms with Gasteiger partial charge in [0.2, 0.25) is 11.2 Å². The van der Waals surface area contributed by atoms with E-state index in [0.29, 0.717) is 39.5 Å². The van der Waals surface area contributed by atoms with E-state index in [1.54, 1.807) is 67.6 Å². The lowest BCUT2D eigenvalue weighted by Gasteiger charge is -2.12. The van der Waals surface area contributed by atoms with Crippen molar-refractivity contribution in [3.05, 3.63) is 94.3 Å². The molecule has 156 valence electrons. The fourth-order valence-corrected chi connectivity index (χ4v) is 3.15. The van der Waals surface area contributed by atoms with Gasteiger partial charge in [0.15, 0.2) is 23.9 Å². The Kier molecular flexibility index (Phi) is 5.71. The lowest BCUT2D eigenvalue weighted by atomic mass is 10.1. The number of hydrogen-bond donors (Lipinski definition) is 0. The number of ether oxygens (including phenoxy) is 3. The Bertz CT molecular complexity index is 1290. The number of carbonyl (C=O) groups is 1. The lowest BCUT2D eigenvalue weighted by Crippen LogP contribution is -2.12. The van der Waals surface area contributed by atoms with Crippen LogP contribution in [0.4, 0.5) is 0 Å². The van der Waals surface area contributed by atoms with Gasteiger partial charge in [0, 0.05) is 11.6 Å². The van der Waals surface area contributed by atoms with E-state index in [1.807, 2.05) is 12.1 Å². The highest BCUT2D eigenvalue weighted by atomic mass is 16.5. The fourth-order valence-electron chi connectivity index (χ4n) is 3.15. The van der Waals surface area contributed by atoms with Crippen LogP contribution in [-0.4, -0.2) is 19.5 Å². The van der Waals surface area contributed by atoms with Gasteiger partial charge < -0.3 is 18.6 Å². The van der Waals surface area contributed by atoms with Gasteiger partial charge in [-0.25, -0.2) is 0 Å². The third-order valence-electron chi connectivity index (χ3n) is 4.73. The summed E-state index contributed by atoms with van der Waals surface area (Å²) in [5.41, 5.74) is 0.611. The second-order valence-electron chi connectivity index (χ2n) is 6.81. The van der Waals surface area contributed by atoms with Gasteiger partial charge in [0.25, 0.3) is 0 Å². The molecule has 0 spiro atoms. The van der Waals surface area contributed by atoms with Crippen molar-refractivity contribution in [1.82, 2.24) is 0 Å². The van der Waals surface area contributed by atoms with Crippen LogP contribution >= 0.6 is 0 Å². The molecule has 0 saturated carbocycles. The molecule has 6 nitrogen and oxygen atoms in total. The van der Waals surface area contributed by atoms with E-state index in [0.717, 1.165) is 0 Å². The van der Waals surface area contributed by atoms with Gasteiger partial charge >= 0.3 is 0 Å². The van der Waals surface area contributed by atoms with Crippen molar-refractivity contribution in [2.75, 3.05) is 13.7 Å². The average Bonchev–Trinajstić information content (AvgIpc) is 2.80. The summed E-state index contributed by atoms with van der Waals surface area (Å²) in [7, 11) is 1.53. The Morgan fingerprint density at radius 1 is 0.935 bits per heavy atom. The van der Waals surface area contributed by atoms with Gasteiger partial charge in [0.05, 0.1) is 12.5 Å². The van der Waals surface area contributed by atoms with Crippen molar-refractivity contribution < 1.29 is 23.4 Å². The number of benzene rings is 3. The van der Waals surface area contributed by atoms with Crippen molar-refractivity contribution in [3.8, 4) is 23.0 Å². The zero-order chi connectivity index (χ0) is 21.8. The number of para-hydroxylation sites is 2. The van der Waals surface area contributed by atoms with Gasteiger partial charge in [-0.05, 0) is 31.2 Å². The van der Waals surface area contributed by atoms with Crippen LogP contribution in [0.3, 0.4) is 0 Å². The molecule has 0 amide bonds. The third kappa shape index (κ3) is 4.28. The average molecular weight is 416 g/mol. The van der Waals surface area contributed by atoms with Crippen molar-refractivity contribution >= 4 is 16.8 Å². The van der Waals surface area contributed by atoms with Crippen LogP contribution in [0.2, 0.25) is 0 Å². The minimum Gasteiger partial charge on any atom is -0.493 e. The number of fused-ring (bicyclic) bond motifs is 1. The number of carbonyl (C=O) groups excluding carboxylic acids is 1. The molecule has 4 rings (SSSR count). The van der Waals surface area contributed by atoms with Crippen molar-refractivity contribution in [2.24, 2.45) is 0 Å².